The van der Waals surface area contributed by atoms with Gasteiger partial charge in [0.2, 0.25) is 0 Å². The van der Waals surface area contributed by atoms with Gasteiger partial charge in [-0.3, -0.25) is 0 Å². The van der Waals surface area contributed by atoms with Crippen molar-refractivity contribution in [2.45, 2.75) is 11.0 Å². The van der Waals surface area contributed by atoms with Gasteiger partial charge in [-0.05, 0) is 18.4 Å². The minimum atomic E-state index is 0.454. The monoisotopic (exact) mass is 292 g/mol. The average molecular weight is 292 g/mol. The number of rotatable bonds is 0. The van der Waals surface area contributed by atoms with E-state index in [-0.39, 0.29) is 0 Å². The maximum absolute atomic E-state index is 4.49. The summed E-state index contributed by atoms with van der Waals surface area (Å²) in [5.74, 6) is 1.10. The quantitative estimate of drug-likeness (QED) is 0.407. The van der Waals surface area contributed by atoms with Crippen molar-refractivity contribution in [2.24, 2.45) is 4.99 Å². The van der Waals surface area contributed by atoms with Crippen LogP contribution in [0.3, 0.4) is 0 Å². The van der Waals surface area contributed by atoms with Gasteiger partial charge >= 0.3 is 0 Å². The molecule has 0 bridgehead atoms. The molecule has 1 aliphatic rings. The molecule has 0 aromatic carbocycles. The number of halogens is 1. The molecule has 2 heterocycles. The SMILES string of the molecule is CC1=Nc2ccsc2C(I)N1C. The number of aliphatic imine (C=N–C) groups is 1. The lowest BCUT2D eigenvalue weighted by Crippen LogP contribution is -2.27. The minimum absolute atomic E-state index is 0.454. The fourth-order valence-corrected chi connectivity index (χ4v) is 3.19. The Morgan fingerprint density at radius 1 is 1.67 bits per heavy atom. The standard InChI is InChI=1S/C8H9IN2S/c1-5-10-6-3-4-12-7(6)8(9)11(5)2/h3-4,8H,1-2H3. The highest BCUT2D eigenvalue weighted by Gasteiger charge is 2.23. The third kappa shape index (κ3) is 1.17. The Labute approximate surface area is 89.4 Å². The molecule has 1 aromatic heterocycles. The normalized spacial score (nSPS) is 22.1. The first-order valence-corrected chi connectivity index (χ1v) is 5.82. The molecule has 4 heteroatoms. The Kier molecular flexibility index (Phi) is 2.12. The van der Waals surface area contributed by atoms with E-state index in [0.29, 0.717) is 4.05 Å². The number of hydrogen-bond acceptors (Lipinski definition) is 3. The molecular formula is C8H9IN2S. The van der Waals surface area contributed by atoms with Crippen molar-refractivity contribution in [1.82, 2.24) is 4.90 Å². The van der Waals surface area contributed by atoms with E-state index in [1.807, 2.05) is 6.92 Å². The average Bonchev–Trinajstić information content (AvgIpc) is 2.48. The fourth-order valence-electron chi connectivity index (χ4n) is 1.18. The molecule has 1 aromatic rings. The van der Waals surface area contributed by atoms with Gasteiger partial charge in [0, 0.05) is 7.05 Å². The Balaban J connectivity index is 2.53. The van der Waals surface area contributed by atoms with E-state index in [1.54, 1.807) is 11.3 Å². The summed E-state index contributed by atoms with van der Waals surface area (Å²) in [4.78, 5) is 8.04. The van der Waals surface area contributed by atoms with Crippen LogP contribution in [0.15, 0.2) is 16.4 Å². The van der Waals surface area contributed by atoms with Gasteiger partial charge in [0.15, 0.2) is 0 Å². The summed E-state index contributed by atoms with van der Waals surface area (Å²) in [7, 11) is 2.08. The van der Waals surface area contributed by atoms with Crippen molar-refractivity contribution < 1.29 is 0 Å². The van der Waals surface area contributed by atoms with Gasteiger partial charge < -0.3 is 4.90 Å². The molecule has 2 nitrogen and oxygen atoms in total. The van der Waals surface area contributed by atoms with Crippen LogP contribution in [0.25, 0.3) is 0 Å². The summed E-state index contributed by atoms with van der Waals surface area (Å²) >= 11 is 4.22. The van der Waals surface area contributed by atoms with Crippen LogP contribution >= 0.6 is 33.9 Å². The summed E-state index contributed by atoms with van der Waals surface area (Å²) < 4.78 is 0.454. The number of hydrogen-bond donors (Lipinski definition) is 0. The maximum Gasteiger partial charge on any atom is 0.118 e. The second-order valence-corrected chi connectivity index (χ2v) is 4.90. The van der Waals surface area contributed by atoms with Gasteiger partial charge in [0.05, 0.1) is 10.6 Å². The fraction of sp³-hybridized carbons (Fsp3) is 0.375. The van der Waals surface area contributed by atoms with Crippen LogP contribution in [-0.2, 0) is 0 Å². The van der Waals surface area contributed by atoms with E-state index >= 15 is 0 Å². The van der Waals surface area contributed by atoms with Crippen molar-refractivity contribution in [2.75, 3.05) is 7.05 Å². The van der Waals surface area contributed by atoms with Crippen LogP contribution < -0.4 is 0 Å². The van der Waals surface area contributed by atoms with Crippen molar-refractivity contribution in [3.63, 3.8) is 0 Å². The summed E-state index contributed by atoms with van der Waals surface area (Å²) in [5.41, 5.74) is 1.15. The zero-order valence-electron chi connectivity index (χ0n) is 6.91. The first-order valence-electron chi connectivity index (χ1n) is 3.69. The third-order valence-electron chi connectivity index (χ3n) is 2.02. The lowest BCUT2D eigenvalue weighted by molar-refractivity contribution is 0.500. The number of alkyl halides is 1. The lowest BCUT2D eigenvalue weighted by atomic mass is 10.3. The Bertz CT molecular complexity index is 332. The highest BCUT2D eigenvalue weighted by molar-refractivity contribution is 14.1. The van der Waals surface area contributed by atoms with E-state index in [4.69, 9.17) is 0 Å². The second-order valence-electron chi connectivity index (χ2n) is 2.78. The van der Waals surface area contributed by atoms with Crippen LogP contribution in [0, 0.1) is 0 Å². The second kappa shape index (κ2) is 2.99. The highest BCUT2D eigenvalue weighted by Crippen LogP contribution is 2.41. The number of amidine groups is 1. The van der Waals surface area contributed by atoms with E-state index in [0.717, 1.165) is 11.5 Å². The van der Waals surface area contributed by atoms with Crippen LogP contribution in [0.5, 0.6) is 0 Å². The van der Waals surface area contributed by atoms with Crippen LogP contribution in [-0.4, -0.2) is 17.8 Å². The van der Waals surface area contributed by atoms with Gasteiger partial charge in [0.25, 0.3) is 0 Å². The lowest BCUT2D eigenvalue weighted by Gasteiger charge is -2.28. The predicted octanol–water partition coefficient (Wildman–Crippen LogP) is 3.18. The highest BCUT2D eigenvalue weighted by atomic mass is 127. The minimum Gasteiger partial charge on any atom is -0.346 e. The van der Waals surface area contributed by atoms with E-state index < -0.39 is 0 Å². The van der Waals surface area contributed by atoms with Gasteiger partial charge in [0.1, 0.15) is 9.88 Å². The molecule has 0 radical (unpaired) electrons. The third-order valence-corrected chi connectivity index (χ3v) is 4.86. The summed E-state index contributed by atoms with van der Waals surface area (Å²) in [5, 5.41) is 2.10. The van der Waals surface area contributed by atoms with Crippen molar-refractivity contribution in [3.05, 3.63) is 16.3 Å². The predicted molar refractivity (Wildman–Crippen MR) is 61.6 cm³/mol. The number of fused-ring (bicyclic) bond motifs is 1. The van der Waals surface area contributed by atoms with Gasteiger partial charge in [-0.25, -0.2) is 4.99 Å². The molecule has 0 saturated carbocycles. The molecule has 0 saturated heterocycles. The Morgan fingerprint density at radius 2 is 2.42 bits per heavy atom. The summed E-state index contributed by atoms with van der Waals surface area (Å²) in [6.45, 7) is 2.05. The molecular weight excluding hydrogens is 283 g/mol. The van der Waals surface area contributed by atoms with Crippen molar-refractivity contribution >= 4 is 45.5 Å². The first kappa shape index (κ1) is 8.50. The zero-order chi connectivity index (χ0) is 8.72. The molecule has 0 fully saturated rings. The molecule has 64 valence electrons. The molecule has 0 aliphatic carbocycles. The van der Waals surface area contributed by atoms with Crippen molar-refractivity contribution in [1.29, 1.82) is 0 Å². The largest absolute Gasteiger partial charge is 0.346 e. The first-order chi connectivity index (χ1) is 5.70. The van der Waals surface area contributed by atoms with Gasteiger partial charge in [-0.15, -0.1) is 11.3 Å². The Hall–Kier alpha value is -0.100. The molecule has 12 heavy (non-hydrogen) atoms. The molecule has 2 rings (SSSR count). The van der Waals surface area contributed by atoms with E-state index in [9.17, 15) is 0 Å². The zero-order valence-corrected chi connectivity index (χ0v) is 9.89. The molecule has 0 amide bonds. The molecule has 1 unspecified atom stereocenters. The van der Waals surface area contributed by atoms with E-state index in [2.05, 4.69) is 51.0 Å². The smallest absolute Gasteiger partial charge is 0.118 e. The summed E-state index contributed by atoms with van der Waals surface area (Å²) in [6.07, 6.45) is 0. The topological polar surface area (TPSA) is 15.6 Å². The van der Waals surface area contributed by atoms with Crippen LogP contribution in [0.2, 0.25) is 0 Å². The number of nitrogens with zero attached hydrogens (tertiary/aromatic N) is 2. The van der Waals surface area contributed by atoms with Crippen LogP contribution in [0.4, 0.5) is 5.69 Å². The summed E-state index contributed by atoms with van der Waals surface area (Å²) in [6, 6.07) is 2.09. The molecule has 1 atom stereocenters. The number of thiophene rings is 1. The Morgan fingerprint density at radius 3 is 3.17 bits per heavy atom. The van der Waals surface area contributed by atoms with Gasteiger partial charge in [-0.1, -0.05) is 22.6 Å². The molecule has 0 spiro atoms. The van der Waals surface area contributed by atoms with Crippen molar-refractivity contribution in [3.8, 4) is 0 Å². The maximum atomic E-state index is 4.49. The molecule has 0 N–H and O–H groups in total. The van der Waals surface area contributed by atoms with E-state index in [1.165, 1.54) is 4.88 Å². The van der Waals surface area contributed by atoms with Crippen LogP contribution in [0.1, 0.15) is 15.8 Å². The molecule has 1 aliphatic heterocycles. The van der Waals surface area contributed by atoms with Gasteiger partial charge in [-0.2, -0.15) is 0 Å².